The number of benzene rings is 1. The Hall–Kier alpha value is -1.46. The number of hydrogen-bond donors (Lipinski definition) is 0. The van der Waals surface area contributed by atoms with E-state index in [0.717, 1.165) is 5.56 Å². The molecule has 0 fully saturated rings. The molecule has 6 nitrogen and oxygen atoms in total. The Kier molecular flexibility index (Phi) is 8.81. The average Bonchev–Trinajstić information content (AvgIpc) is 2.51. The van der Waals surface area contributed by atoms with Crippen LogP contribution in [0, 0.1) is 0 Å². The van der Waals surface area contributed by atoms with E-state index < -0.39 is 7.60 Å². The summed E-state index contributed by atoms with van der Waals surface area (Å²) in [7, 11) is -3.26. The van der Waals surface area contributed by atoms with E-state index in [1.54, 1.807) is 19.9 Å². The van der Waals surface area contributed by atoms with Crippen LogP contribution in [0.1, 0.15) is 26.3 Å². The van der Waals surface area contributed by atoms with E-state index in [1.807, 2.05) is 30.3 Å². The van der Waals surface area contributed by atoms with Crippen molar-refractivity contribution in [1.82, 2.24) is 5.06 Å². The molecule has 0 saturated carbocycles. The van der Waals surface area contributed by atoms with Crippen molar-refractivity contribution in [3.8, 4) is 0 Å². The summed E-state index contributed by atoms with van der Waals surface area (Å²) in [5.74, 6) is 1.12. The number of hydroxylamine groups is 2. The van der Waals surface area contributed by atoms with Gasteiger partial charge in [0.05, 0.1) is 19.8 Å². The summed E-state index contributed by atoms with van der Waals surface area (Å²) < 4.78 is 22.6. The molecule has 1 amide bonds. The molecule has 23 heavy (non-hydrogen) atoms. The Morgan fingerprint density at radius 1 is 1.17 bits per heavy atom. The van der Waals surface area contributed by atoms with Crippen LogP contribution in [0.15, 0.2) is 42.2 Å². The summed E-state index contributed by atoms with van der Waals surface area (Å²) in [6.45, 7) is 5.89. The van der Waals surface area contributed by atoms with Crippen LogP contribution in [0.2, 0.25) is 0 Å². The van der Waals surface area contributed by atoms with Crippen LogP contribution in [0.25, 0.3) is 0 Å². The zero-order valence-electron chi connectivity index (χ0n) is 13.8. The molecule has 1 rings (SSSR count). The maximum atomic E-state index is 12.3. The molecular formula is C16H24NO5P. The monoisotopic (exact) mass is 341 g/mol. The molecule has 1 aromatic rings. The molecule has 0 aliphatic rings. The quantitative estimate of drug-likeness (QED) is 0.479. The van der Waals surface area contributed by atoms with Gasteiger partial charge >= 0.3 is 7.60 Å². The molecule has 0 heterocycles. The van der Waals surface area contributed by atoms with Gasteiger partial charge in [0, 0.05) is 12.7 Å². The summed E-state index contributed by atoms with van der Waals surface area (Å²) >= 11 is 0. The first kappa shape index (κ1) is 19.6. The second kappa shape index (κ2) is 10.3. The number of rotatable bonds is 10. The molecule has 0 atom stereocenters. The van der Waals surface area contributed by atoms with E-state index in [9.17, 15) is 9.36 Å². The first-order valence-corrected chi connectivity index (χ1v) is 9.13. The van der Waals surface area contributed by atoms with Crippen molar-refractivity contribution in [2.75, 3.05) is 19.8 Å². The Bertz CT molecular complexity index is 537. The van der Waals surface area contributed by atoms with Crippen LogP contribution in [-0.2, 0) is 29.9 Å². The van der Waals surface area contributed by atoms with E-state index in [4.69, 9.17) is 13.9 Å². The van der Waals surface area contributed by atoms with E-state index in [0.29, 0.717) is 0 Å². The lowest BCUT2D eigenvalue weighted by Crippen LogP contribution is -2.29. The molecule has 0 radical (unpaired) electrons. The van der Waals surface area contributed by atoms with Crippen LogP contribution in [-0.4, -0.2) is 30.7 Å². The van der Waals surface area contributed by atoms with Crippen molar-refractivity contribution in [3.63, 3.8) is 0 Å². The van der Waals surface area contributed by atoms with Crippen molar-refractivity contribution in [2.45, 2.75) is 27.4 Å². The summed E-state index contributed by atoms with van der Waals surface area (Å²) in [6, 6.07) is 9.53. The Balaban J connectivity index is 2.60. The van der Waals surface area contributed by atoms with Gasteiger partial charge in [0.15, 0.2) is 0 Å². The third-order valence-electron chi connectivity index (χ3n) is 2.76. The zero-order chi connectivity index (χ0) is 17.1. The SMILES string of the molecule is CCOP(=O)(/C=C/CN(OCc1ccccc1)C(C)=O)OCC. The Morgan fingerprint density at radius 2 is 1.78 bits per heavy atom. The molecular weight excluding hydrogens is 317 g/mol. The number of nitrogens with zero attached hydrogens (tertiary/aromatic N) is 1. The molecule has 0 unspecified atom stereocenters. The van der Waals surface area contributed by atoms with Gasteiger partial charge in [-0.1, -0.05) is 36.4 Å². The predicted octanol–water partition coefficient (Wildman–Crippen LogP) is 3.75. The molecule has 0 N–H and O–H groups in total. The highest BCUT2D eigenvalue weighted by Gasteiger charge is 2.19. The smallest absolute Gasteiger partial charge is 0.306 e. The van der Waals surface area contributed by atoms with Crippen molar-refractivity contribution < 1.29 is 23.2 Å². The van der Waals surface area contributed by atoms with Gasteiger partial charge in [-0.3, -0.25) is 14.2 Å². The van der Waals surface area contributed by atoms with E-state index in [1.165, 1.54) is 17.8 Å². The van der Waals surface area contributed by atoms with E-state index in [2.05, 4.69) is 0 Å². The van der Waals surface area contributed by atoms with Gasteiger partial charge in [-0.25, -0.2) is 5.06 Å². The Labute approximate surface area is 137 Å². The lowest BCUT2D eigenvalue weighted by molar-refractivity contribution is -0.185. The standard InChI is InChI=1S/C16H24NO5P/c1-4-21-23(19,22-5-2)13-9-12-17(15(3)18)20-14-16-10-7-6-8-11-16/h6-11,13H,4-5,12,14H2,1-3H3/b13-9+. The molecule has 0 spiro atoms. The molecule has 128 valence electrons. The molecule has 0 bridgehead atoms. The number of carbonyl (C=O) groups excluding carboxylic acids is 1. The molecule has 0 saturated heterocycles. The van der Waals surface area contributed by atoms with E-state index >= 15 is 0 Å². The van der Waals surface area contributed by atoms with Crippen molar-refractivity contribution in [2.24, 2.45) is 0 Å². The second-order valence-electron chi connectivity index (χ2n) is 4.60. The fraction of sp³-hybridized carbons (Fsp3) is 0.438. The first-order chi connectivity index (χ1) is 11.0. The van der Waals surface area contributed by atoms with Crippen molar-refractivity contribution in [3.05, 3.63) is 47.8 Å². The minimum atomic E-state index is -3.26. The second-order valence-corrected chi connectivity index (χ2v) is 6.49. The van der Waals surface area contributed by atoms with Gasteiger partial charge in [-0.05, 0) is 19.4 Å². The molecule has 0 aliphatic carbocycles. The summed E-state index contributed by atoms with van der Waals surface area (Å²) in [5, 5.41) is 1.20. The predicted molar refractivity (Wildman–Crippen MR) is 88.6 cm³/mol. The zero-order valence-corrected chi connectivity index (χ0v) is 14.7. The summed E-state index contributed by atoms with van der Waals surface area (Å²) in [4.78, 5) is 17.1. The summed E-state index contributed by atoms with van der Waals surface area (Å²) in [5.41, 5.74) is 0.956. The first-order valence-electron chi connectivity index (χ1n) is 7.52. The van der Waals surface area contributed by atoms with Gasteiger partial charge in [0.1, 0.15) is 6.61 Å². The normalized spacial score (nSPS) is 11.8. The number of hydrogen-bond acceptors (Lipinski definition) is 5. The number of carbonyl (C=O) groups is 1. The minimum absolute atomic E-state index is 0.159. The third kappa shape index (κ3) is 7.57. The van der Waals surface area contributed by atoms with Crippen LogP contribution >= 0.6 is 7.60 Å². The van der Waals surface area contributed by atoms with Crippen LogP contribution in [0.3, 0.4) is 0 Å². The molecule has 7 heteroatoms. The average molecular weight is 341 g/mol. The number of amides is 1. The fourth-order valence-corrected chi connectivity index (χ4v) is 3.07. The highest BCUT2D eigenvalue weighted by molar-refractivity contribution is 7.57. The van der Waals surface area contributed by atoms with Gasteiger partial charge in [0.25, 0.3) is 0 Å². The molecule has 0 aromatic heterocycles. The lowest BCUT2D eigenvalue weighted by atomic mass is 10.2. The maximum absolute atomic E-state index is 12.3. The fourth-order valence-electron chi connectivity index (χ4n) is 1.75. The van der Waals surface area contributed by atoms with E-state index in [-0.39, 0.29) is 32.3 Å². The highest BCUT2D eigenvalue weighted by Crippen LogP contribution is 2.49. The summed E-state index contributed by atoms with van der Waals surface area (Å²) in [6.07, 6.45) is 1.55. The maximum Gasteiger partial charge on any atom is 0.353 e. The van der Waals surface area contributed by atoms with Crippen molar-refractivity contribution >= 4 is 13.5 Å². The van der Waals surface area contributed by atoms with Gasteiger partial charge in [0.2, 0.25) is 5.91 Å². The highest BCUT2D eigenvalue weighted by atomic mass is 31.2. The molecule has 1 aromatic carbocycles. The van der Waals surface area contributed by atoms with Gasteiger partial charge in [-0.15, -0.1) is 0 Å². The minimum Gasteiger partial charge on any atom is -0.306 e. The largest absolute Gasteiger partial charge is 0.353 e. The van der Waals surface area contributed by atoms with Crippen LogP contribution < -0.4 is 0 Å². The van der Waals surface area contributed by atoms with Crippen molar-refractivity contribution in [1.29, 1.82) is 0 Å². The molecule has 0 aliphatic heterocycles. The Morgan fingerprint density at radius 3 is 2.30 bits per heavy atom. The van der Waals surface area contributed by atoms with Crippen LogP contribution in [0.5, 0.6) is 0 Å². The third-order valence-corrected chi connectivity index (χ3v) is 4.57. The lowest BCUT2D eigenvalue weighted by Gasteiger charge is -2.19. The van der Waals surface area contributed by atoms with Gasteiger partial charge < -0.3 is 9.05 Å². The van der Waals surface area contributed by atoms with Crippen LogP contribution in [0.4, 0.5) is 0 Å². The topological polar surface area (TPSA) is 65.1 Å². The van der Waals surface area contributed by atoms with Gasteiger partial charge in [-0.2, -0.15) is 0 Å².